The largest absolute Gasteiger partial charge is 0.495 e. The van der Waals surface area contributed by atoms with Gasteiger partial charge in [-0.3, -0.25) is 9.98 Å². The number of aromatic nitrogens is 5. The molecule has 0 spiro atoms. The Hall–Kier alpha value is -3.79. The average molecular weight is 440 g/mol. The van der Waals surface area contributed by atoms with Gasteiger partial charge in [-0.05, 0) is 31.1 Å². The molecule has 0 atom stereocenters. The average Bonchev–Trinajstić information content (AvgIpc) is 3.38. The van der Waals surface area contributed by atoms with E-state index in [2.05, 4.69) is 25.4 Å². The normalized spacial score (nSPS) is 15.0. The molecule has 0 aliphatic heterocycles. The molecule has 4 aromatic rings. The molecule has 1 aliphatic carbocycles. The van der Waals surface area contributed by atoms with Crippen molar-refractivity contribution in [3.05, 3.63) is 62.4 Å². The Morgan fingerprint density at radius 1 is 1.39 bits per heavy atom. The van der Waals surface area contributed by atoms with Crippen molar-refractivity contribution < 1.29 is 9.84 Å². The highest BCUT2D eigenvalue weighted by molar-refractivity contribution is 6.34. The van der Waals surface area contributed by atoms with E-state index in [1.165, 1.54) is 0 Å². The van der Waals surface area contributed by atoms with Crippen LogP contribution in [0.5, 0.6) is 11.6 Å². The number of hydrogen-bond acceptors (Lipinski definition) is 7. The summed E-state index contributed by atoms with van der Waals surface area (Å²) in [5.74, 6) is 0.801. The molecule has 0 unspecified atom stereocenters. The second-order valence-electron chi connectivity index (χ2n) is 7.13. The third kappa shape index (κ3) is 3.73. The van der Waals surface area contributed by atoms with Crippen molar-refractivity contribution in [2.45, 2.75) is 18.9 Å². The molecule has 1 aliphatic rings. The molecule has 3 heterocycles. The number of nitrogens with zero attached hydrogens (tertiary/aromatic N) is 4. The first-order valence-electron chi connectivity index (χ1n) is 9.57. The van der Waals surface area contributed by atoms with Gasteiger partial charge in [0, 0.05) is 11.3 Å². The van der Waals surface area contributed by atoms with Gasteiger partial charge in [-0.2, -0.15) is 9.61 Å². The highest BCUT2D eigenvalue weighted by Crippen LogP contribution is 2.33. The lowest BCUT2D eigenvalue weighted by molar-refractivity contribution is 0.415. The van der Waals surface area contributed by atoms with Crippen LogP contribution in [0.1, 0.15) is 18.5 Å². The van der Waals surface area contributed by atoms with E-state index in [9.17, 15) is 9.90 Å². The van der Waals surface area contributed by atoms with Gasteiger partial charge in [0.2, 0.25) is 5.88 Å². The zero-order valence-electron chi connectivity index (χ0n) is 16.4. The monoisotopic (exact) mass is 439 g/mol. The van der Waals surface area contributed by atoms with E-state index >= 15 is 0 Å². The van der Waals surface area contributed by atoms with E-state index in [1.807, 2.05) is 12.1 Å². The number of halogens is 1. The third-order valence-corrected chi connectivity index (χ3v) is 5.21. The van der Waals surface area contributed by atoms with Crippen LogP contribution in [-0.2, 0) is 0 Å². The van der Waals surface area contributed by atoms with Crippen LogP contribution in [-0.4, -0.2) is 42.8 Å². The number of H-pyrrole nitrogens is 2. The van der Waals surface area contributed by atoms with E-state index in [0.29, 0.717) is 38.6 Å². The zero-order chi connectivity index (χ0) is 21.5. The summed E-state index contributed by atoms with van der Waals surface area (Å²) in [6.45, 7) is 0. The van der Waals surface area contributed by atoms with E-state index in [0.717, 1.165) is 12.8 Å². The van der Waals surface area contributed by atoms with Crippen LogP contribution in [0.25, 0.3) is 11.7 Å². The topological polar surface area (TPSA) is 133 Å². The summed E-state index contributed by atoms with van der Waals surface area (Å²) in [7, 11) is 1.55. The van der Waals surface area contributed by atoms with Gasteiger partial charge in [0.15, 0.2) is 11.1 Å². The first-order valence-corrected chi connectivity index (χ1v) is 9.95. The van der Waals surface area contributed by atoms with Gasteiger partial charge in [-0.15, -0.1) is 0 Å². The molecule has 10 nitrogen and oxygen atoms in total. The Kier molecular flexibility index (Phi) is 4.63. The molecule has 3 aromatic heterocycles. The Labute approximate surface area is 179 Å². The van der Waals surface area contributed by atoms with E-state index < -0.39 is 5.69 Å². The second kappa shape index (κ2) is 7.47. The van der Waals surface area contributed by atoms with Crippen molar-refractivity contribution in [2.24, 2.45) is 4.99 Å². The molecule has 5 rings (SSSR count). The lowest BCUT2D eigenvalue weighted by Crippen LogP contribution is -2.19. The Bertz CT molecular complexity index is 1470. The van der Waals surface area contributed by atoms with Gasteiger partial charge in [-0.1, -0.05) is 17.7 Å². The number of aromatic amines is 2. The molecule has 11 heteroatoms. The zero-order valence-corrected chi connectivity index (χ0v) is 17.1. The highest BCUT2D eigenvalue weighted by Gasteiger charge is 2.20. The van der Waals surface area contributed by atoms with E-state index in [1.54, 1.807) is 36.0 Å². The van der Waals surface area contributed by atoms with Crippen LogP contribution < -0.4 is 26.4 Å². The maximum absolute atomic E-state index is 11.5. The second-order valence-corrected chi connectivity index (χ2v) is 7.51. The van der Waals surface area contributed by atoms with Crippen LogP contribution in [0.15, 0.2) is 40.2 Å². The summed E-state index contributed by atoms with van der Waals surface area (Å²) in [5, 5.41) is 18.5. The van der Waals surface area contributed by atoms with Gasteiger partial charge < -0.3 is 20.1 Å². The van der Waals surface area contributed by atoms with Crippen molar-refractivity contribution in [1.82, 2.24) is 24.6 Å². The Balaban J connectivity index is 1.68. The fraction of sp³-hybridized carbons (Fsp3) is 0.200. The van der Waals surface area contributed by atoms with Gasteiger partial charge >= 0.3 is 5.69 Å². The minimum absolute atomic E-state index is 0.233. The predicted octanol–water partition coefficient (Wildman–Crippen LogP) is 1.47. The van der Waals surface area contributed by atoms with Crippen LogP contribution >= 0.6 is 11.6 Å². The quantitative estimate of drug-likeness (QED) is 0.372. The lowest BCUT2D eigenvalue weighted by atomic mass is 10.3. The molecule has 0 radical (unpaired) electrons. The summed E-state index contributed by atoms with van der Waals surface area (Å²) in [6.07, 6.45) is 5.26. The van der Waals surface area contributed by atoms with Crippen LogP contribution in [0, 0.1) is 0 Å². The van der Waals surface area contributed by atoms with Crippen molar-refractivity contribution in [1.29, 1.82) is 0 Å². The Morgan fingerprint density at radius 2 is 2.23 bits per heavy atom. The molecule has 0 saturated heterocycles. The fourth-order valence-corrected chi connectivity index (χ4v) is 3.41. The van der Waals surface area contributed by atoms with E-state index in [4.69, 9.17) is 21.3 Å². The summed E-state index contributed by atoms with van der Waals surface area (Å²) in [5.41, 5.74) is 1.50. The first-order chi connectivity index (χ1) is 15.0. The first kappa shape index (κ1) is 19.2. The molecular formula is C20H18ClN7O3. The van der Waals surface area contributed by atoms with Gasteiger partial charge in [0.25, 0.3) is 0 Å². The van der Waals surface area contributed by atoms with Gasteiger partial charge in [0.05, 0.1) is 25.0 Å². The fourth-order valence-electron chi connectivity index (χ4n) is 3.16. The summed E-state index contributed by atoms with van der Waals surface area (Å²) in [6, 6.07) is 7.48. The maximum Gasteiger partial charge on any atom is 0.326 e. The van der Waals surface area contributed by atoms with Gasteiger partial charge in [0.1, 0.15) is 22.3 Å². The number of methoxy groups -OCH3 is 1. The van der Waals surface area contributed by atoms with Crippen molar-refractivity contribution in [3.8, 4) is 11.6 Å². The molecule has 1 saturated carbocycles. The molecule has 1 fully saturated rings. The number of fused-ring (bicyclic) bond motifs is 1. The molecule has 158 valence electrons. The molecule has 0 bridgehead atoms. The highest BCUT2D eigenvalue weighted by atomic mass is 35.5. The number of aromatic hydroxyl groups is 1. The van der Waals surface area contributed by atoms with Crippen molar-refractivity contribution in [3.63, 3.8) is 0 Å². The minimum atomic E-state index is -0.507. The maximum atomic E-state index is 11.5. The van der Waals surface area contributed by atoms with Crippen LogP contribution in [0.4, 0.5) is 11.5 Å². The van der Waals surface area contributed by atoms with Crippen LogP contribution in [0.2, 0.25) is 5.02 Å². The Morgan fingerprint density at radius 3 is 2.94 bits per heavy atom. The summed E-state index contributed by atoms with van der Waals surface area (Å²) < 4.78 is 6.91. The number of benzene rings is 1. The molecule has 31 heavy (non-hydrogen) atoms. The summed E-state index contributed by atoms with van der Waals surface area (Å²) in [4.78, 5) is 25.7. The third-order valence-electron chi connectivity index (χ3n) is 4.82. The van der Waals surface area contributed by atoms with Crippen molar-refractivity contribution in [2.75, 3.05) is 12.4 Å². The molecule has 1 aromatic carbocycles. The lowest BCUT2D eigenvalue weighted by Gasteiger charge is -2.10. The SMILES string of the molecule is COc1cccc(Nc2cc(=NC3CC3)n3nc/c(=C/c4[nH]c(=O)[nH]c4O)c3n2)c1Cl. The minimum Gasteiger partial charge on any atom is -0.495 e. The number of rotatable bonds is 5. The molecule has 4 N–H and O–H groups in total. The van der Waals surface area contributed by atoms with Crippen molar-refractivity contribution >= 4 is 34.8 Å². The van der Waals surface area contributed by atoms with Gasteiger partial charge in [-0.25, -0.2) is 9.78 Å². The van der Waals surface area contributed by atoms with E-state index in [-0.39, 0.29) is 17.6 Å². The number of anilines is 2. The predicted molar refractivity (Wildman–Crippen MR) is 115 cm³/mol. The number of hydrogen-bond donors (Lipinski definition) is 4. The number of ether oxygens (including phenoxy) is 1. The summed E-state index contributed by atoms with van der Waals surface area (Å²) >= 11 is 6.42. The number of nitrogens with one attached hydrogen (secondary N) is 3. The smallest absolute Gasteiger partial charge is 0.326 e. The standard InChI is InChI=1S/C20H18ClN7O3/c1-31-14-4-2-3-12(17(14)21)24-15-8-16(23-11-5-6-11)28-18(26-15)10(9-22-28)7-13-19(29)27-20(30)25-13/h2-4,7-9,11,24,29H,5-6H2,1H3,(H2,25,27,30)/b10-7-,23-16?. The molecular weight excluding hydrogens is 422 g/mol. The molecule has 0 amide bonds. The number of imidazole rings is 1. The van der Waals surface area contributed by atoms with Crippen LogP contribution in [0.3, 0.4) is 0 Å².